The van der Waals surface area contributed by atoms with Crippen LogP contribution in [0.15, 0.2) is 41.3 Å². The highest BCUT2D eigenvalue weighted by atomic mass is 32.2. The Labute approximate surface area is 141 Å². The first kappa shape index (κ1) is 19.0. The van der Waals surface area contributed by atoms with Crippen LogP contribution in [0.2, 0.25) is 0 Å². The Hall–Kier alpha value is -2.33. The monoisotopic (exact) mass is 379 g/mol. The predicted octanol–water partition coefficient (Wildman–Crippen LogP) is 3.05. The van der Waals surface area contributed by atoms with Crippen LogP contribution in [0.4, 0.5) is 17.6 Å². The zero-order chi connectivity index (χ0) is 18.6. The Kier molecular flexibility index (Phi) is 5.85. The van der Waals surface area contributed by atoms with Gasteiger partial charge in [0.05, 0.1) is 7.11 Å². The summed E-state index contributed by atoms with van der Waals surface area (Å²) in [6.07, 6.45) is 0. The molecule has 2 aromatic rings. The van der Waals surface area contributed by atoms with Crippen molar-refractivity contribution in [3.8, 4) is 11.5 Å². The number of ether oxygens (including phenoxy) is 2. The van der Waals surface area contributed by atoms with Crippen LogP contribution in [0.1, 0.15) is 5.56 Å². The van der Waals surface area contributed by atoms with E-state index in [0.29, 0.717) is 17.7 Å². The van der Waals surface area contributed by atoms with Crippen molar-refractivity contribution in [2.75, 3.05) is 7.11 Å². The maximum absolute atomic E-state index is 13.6. The normalized spacial score (nSPS) is 11.6. The van der Waals surface area contributed by atoms with Crippen LogP contribution in [0.5, 0.6) is 11.5 Å². The first-order valence-electron chi connectivity index (χ1n) is 6.79. The summed E-state index contributed by atoms with van der Waals surface area (Å²) < 4.78 is 86.6. The van der Waals surface area contributed by atoms with Crippen LogP contribution < -0.4 is 14.2 Å². The highest BCUT2D eigenvalue weighted by Gasteiger charge is 2.20. The standard InChI is InChI=1S/C15H13F4NO4S/c1-23-13-6-9(2-5-12(13)24-15(18)19)8-20-25(21,22)14-7-10(16)3-4-11(14)17/h2-7,15,20H,8H2,1H3. The van der Waals surface area contributed by atoms with Crippen molar-refractivity contribution in [3.63, 3.8) is 0 Å². The molecule has 0 heterocycles. The number of rotatable bonds is 7. The summed E-state index contributed by atoms with van der Waals surface area (Å²) in [7, 11) is -3.09. The summed E-state index contributed by atoms with van der Waals surface area (Å²) in [5.74, 6) is -2.27. The van der Waals surface area contributed by atoms with Gasteiger partial charge >= 0.3 is 6.61 Å². The zero-order valence-electron chi connectivity index (χ0n) is 12.8. The zero-order valence-corrected chi connectivity index (χ0v) is 13.6. The number of methoxy groups -OCH3 is 1. The van der Waals surface area contributed by atoms with Crippen LogP contribution in [0, 0.1) is 11.6 Å². The number of alkyl halides is 2. The van der Waals surface area contributed by atoms with Gasteiger partial charge in [0.15, 0.2) is 11.5 Å². The molecule has 0 atom stereocenters. The van der Waals surface area contributed by atoms with E-state index in [2.05, 4.69) is 9.46 Å². The van der Waals surface area contributed by atoms with Gasteiger partial charge in [-0.05, 0) is 35.9 Å². The van der Waals surface area contributed by atoms with Crippen molar-refractivity contribution >= 4 is 10.0 Å². The average Bonchev–Trinajstić information content (AvgIpc) is 2.55. The minimum atomic E-state index is -4.32. The number of hydrogen-bond donors (Lipinski definition) is 1. The minimum absolute atomic E-state index is 0.0334. The first-order valence-corrected chi connectivity index (χ1v) is 8.27. The predicted molar refractivity (Wildman–Crippen MR) is 80.0 cm³/mol. The SMILES string of the molecule is COc1cc(CNS(=O)(=O)c2cc(F)ccc2F)ccc1OC(F)F. The van der Waals surface area contributed by atoms with Crippen LogP contribution >= 0.6 is 0 Å². The maximum Gasteiger partial charge on any atom is 0.387 e. The van der Waals surface area contributed by atoms with E-state index in [1.807, 2.05) is 0 Å². The van der Waals surface area contributed by atoms with E-state index in [-0.39, 0.29) is 18.0 Å². The topological polar surface area (TPSA) is 64.6 Å². The van der Waals surface area contributed by atoms with E-state index >= 15 is 0 Å². The van der Waals surface area contributed by atoms with E-state index in [1.165, 1.54) is 25.3 Å². The van der Waals surface area contributed by atoms with Gasteiger partial charge < -0.3 is 9.47 Å². The number of halogens is 4. The molecule has 0 aliphatic heterocycles. The van der Waals surface area contributed by atoms with Crippen molar-refractivity contribution in [2.24, 2.45) is 0 Å². The molecule has 5 nitrogen and oxygen atoms in total. The summed E-state index contributed by atoms with van der Waals surface area (Å²) in [5.41, 5.74) is 0.332. The van der Waals surface area contributed by atoms with Gasteiger partial charge in [-0.3, -0.25) is 0 Å². The lowest BCUT2D eigenvalue weighted by Gasteiger charge is -2.12. The van der Waals surface area contributed by atoms with Gasteiger partial charge in [0, 0.05) is 6.54 Å². The van der Waals surface area contributed by atoms with E-state index < -0.39 is 33.2 Å². The van der Waals surface area contributed by atoms with Crippen molar-refractivity contribution in [1.82, 2.24) is 4.72 Å². The Morgan fingerprint density at radius 2 is 1.80 bits per heavy atom. The van der Waals surface area contributed by atoms with Gasteiger partial charge in [0.25, 0.3) is 0 Å². The van der Waals surface area contributed by atoms with Crippen LogP contribution in [-0.4, -0.2) is 22.1 Å². The molecule has 1 N–H and O–H groups in total. The van der Waals surface area contributed by atoms with E-state index in [9.17, 15) is 26.0 Å². The van der Waals surface area contributed by atoms with Gasteiger partial charge in [-0.15, -0.1) is 0 Å². The van der Waals surface area contributed by atoms with Gasteiger partial charge in [-0.25, -0.2) is 21.9 Å². The summed E-state index contributed by atoms with van der Waals surface area (Å²) in [6, 6.07) is 5.83. The van der Waals surface area contributed by atoms with Crippen molar-refractivity contribution < 1.29 is 35.5 Å². The lowest BCUT2D eigenvalue weighted by Crippen LogP contribution is -2.24. The summed E-state index contributed by atoms with van der Waals surface area (Å²) in [5, 5.41) is 0. The lowest BCUT2D eigenvalue weighted by atomic mass is 10.2. The second kappa shape index (κ2) is 7.70. The molecule has 0 aliphatic carbocycles. The molecule has 2 aromatic carbocycles. The number of hydrogen-bond acceptors (Lipinski definition) is 4. The summed E-state index contributed by atoms with van der Waals surface area (Å²) in [4.78, 5) is -0.836. The molecule has 0 saturated carbocycles. The van der Waals surface area contributed by atoms with Crippen molar-refractivity contribution in [2.45, 2.75) is 18.1 Å². The molecular weight excluding hydrogens is 366 g/mol. The molecule has 0 aliphatic rings. The molecule has 136 valence electrons. The molecular formula is C15H13F4NO4S. The smallest absolute Gasteiger partial charge is 0.387 e. The Bertz CT molecular complexity index is 859. The number of nitrogens with one attached hydrogen (secondary N) is 1. The fourth-order valence-electron chi connectivity index (χ4n) is 1.95. The van der Waals surface area contributed by atoms with Gasteiger partial charge in [0.2, 0.25) is 10.0 Å². The van der Waals surface area contributed by atoms with Crippen molar-refractivity contribution in [3.05, 3.63) is 53.6 Å². The third-order valence-electron chi connectivity index (χ3n) is 3.09. The van der Waals surface area contributed by atoms with Crippen LogP contribution in [-0.2, 0) is 16.6 Å². The quantitative estimate of drug-likeness (QED) is 0.751. The Balaban J connectivity index is 2.19. The van der Waals surface area contributed by atoms with Gasteiger partial charge in [-0.1, -0.05) is 6.07 Å². The Morgan fingerprint density at radius 3 is 2.44 bits per heavy atom. The number of sulfonamides is 1. The third-order valence-corrected chi connectivity index (χ3v) is 4.51. The molecule has 10 heteroatoms. The maximum atomic E-state index is 13.6. The molecule has 0 spiro atoms. The highest BCUT2D eigenvalue weighted by molar-refractivity contribution is 7.89. The first-order chi connectivity index (χ1) is 11.7. The Morgan fingerprint density at radius 1 is 1.08 bits per heavy atom. The average molecular weight is 379 g/mol. The van der Waals surface area contributed by atoms with Gasteiger partial charge in [-0.2, -0.15) is 8.78 Å². The third kappa shape index (κ3) is 4.83. The van der Waals surface area contributed by atoms with Gasteiger partial charge in [0.1, 0.15) is 16.5 Å². The molecule has 0 unspecified atom stereocenters. The molecule has 0 saturated heterocycles. The minimum Gasteiger partial charge on any atom is -0.493 e. The molecule has 0 amide bonds. The second-order valence-corrected chi connectivity index (χ2v) is 6.50. The summed E-state index contributed by atoms with van der Waals surface area (Å²) >= 11 is 0. The largest absolute Gasteiger partial charge is 0.493 e. The molecule has 0 fully saturated rings. The fourth-order valence-corrected chi connectivity index (χ4v) is 3.06. The molecule has 0 bridgehead atoms. The molecule has 0 aromatic heterocycles. The van der Waals surface area contributed by atoms with Crippen LogP contribution in [0.3, 0.4) is 0 Å². The molecule has 2 rings (SSSR count). The van der Waals surface area contributed by atoms with E-state index in [0.717, 1.165) is 6.07 Å². The van der Waals surface area contributed by atoms with Crippen molar-refractivity contribution in [1.29, 1.82) is 0 Å². The summed E-state index contributed by atoms with van der Waals surface area (Å²) in [6.45, 7) is -3.35. The lowest BCUT2D eigenvalue weighted by molar-refractivity contribution is -0.0512. The number of benzene rings is 2. The highest BCUT2D eigenvalue weighted by Crippen LogP contribution is 2.29. The van der Waals surface area contributed by atoms with E-state index in [4.69, 9.17) is 4.74 Å². The molecule has 0 radical (unpaired) electrons. The van der Waals surface area contributed by atoms with E-state index in [1.54, 1.807) is 0 Å². The molecule has 25 heavy (non-hydrogen) atoms. The second-order valence-electron chi connectivity index (χ2n) is 4.76. The fraction of sp³-hybridized carbons (Fsp3) is 0.200. The van der Waals surface area contributed by atoms with Crippen LogP contribution in [0.25, 0.3) is 0 Å².